The third kappa shape index (κ3) is 2.99. The van der Waals surface area contributed by atoms with Crippen LogP contribution in [-0.4, -0.2) is 72.5 Å². The number of carbonyl (C=O) groups is 1. The molecule has 1 amide bonds. The van der Waals surface area contributed by atoms with Crippen molar-refractivity contribution < 1.29 is 4.79 Å². The summed E-state index contributed by atoms with van der Waals surface area (Å²) >= 11 is 0. The zero-order valence-corrected chi connectivity index (χ0v) is 11.4. The van der Waals surface area contributed by atoms with E-state index in [0.717, 1.165) is 39.0 Å². The lowest BCUT2D eigenvalue weighted by molar-refractivity contribution is -0.140. The van der Waals surface area contributed by atoms with Gasteiger partial charge in [0, 0.05) is 25.2 Å². The lowest BCUT2D eigenvalue weighted by Crippen LogP contribution is -2.57. The van der Waals surface area contributed by atoms with E-state index in [9.17, 15) is 4.79 Å². The van der Waals surface area contributed by atoms with E-state index >= 15 is 0 Å². The summed E-state index contributed by atoms with van der Waals surface area (Å²) in [5, 5.41) is 0. The minimum absolute atomic E-state index is 0.333. The van der Waals surface area contributed by atoms with Crippen LogP contribution in [0.4, 0.5) is 0 Å². The highest BCUT2D eigenvalue weighted by Gasteiger charge is 2.31. The molecule has 0 unspecified atom stereocenters. The van der Waals surface area contributed by atoms with Crippen molar-refractivity contribution in [3.63, 3.8) is 0 Å². The van der Waals surface area contributed by atoms with Crippen LogP contribution >= 0.6 is 0 Å². The molecule has 0 aromatic heterocycles. The van der Waals surface area contributed by atoms with Crippen molar-refractivity contribution in [3.8, 4) is 0 Å². The molecule has 17 heavy (non-hydrogen) atoms. The summed E-state index contributed by atoms with van der Waals surface area (Å²) in [6.07, 6.45) is 2.29. The molecule has 0 saturated carbocycles. The van der Waals surface area contributed by atoms with E-state index < -0.39 is 0 Å². The molecule has 98 valence electrons. The molecular weight excluding hydrogens is 214 g/mol. The van der Waals surface area contributed by atoms with E-state index in [1.807, 2.05) is 0 Å². The molecule has 2 saturated heterocycles. The number of piperazine rings is 1. The van der Waals surface area contributed by atoms with Gasteiger partial charge in [-0.1, -0.05) is 0 Å². The number of hydrogen-bond donors (Lipinski definition) is 0. The van der Waals surface area contributed by atoms with Gasteiger partial charge in [-0.2, -0.15) is 0 Å². The number of carbonyl (C=O) groups excluding carboxylic acids is 1. The average molecular weight is 239 g/mol. The smallest absolute Gasteiger partial charge is 0.237 e. The van der Waals surface area contributed by atoms with Crippen LogP contribution in [0.5, 0.6) is 0 Å². The molecule has 2 aliphatic heterocycles. The maximum absolute atomic E-state index is 12.2. The predicted octanol–water partition coefficient (Wildman–Crippen LogP) is 0.633. The van der Waals surface area contributed by atoms with E-state index in [0.29, 0.717) is 24.5 Å². The van der Waals surface area contributed by atoms with Gasteiger partial charge in [0.1, 0.15) is 0 Å². The molecular formula is C13H25N3O. The molecule has 0 atom stereocenters. The van der Waals surface area contributed by atoms with Crippen LogP contribution in [0.1, 0.15) is 26.7 Å². The van der Waals surface area contributed by atoms with Crippen LogP contribution in [-0.2, 0) is 4.79 Å². The van der Waals surface area contributed by atoms with Crippen molar-refractivity contribution in [1.82, 2.24) is 14.7 Å². The summed E-state index contributed by atoms with van der Waals surface area (Å²) in [5.74, 6) is 0.333. The Morgan fingerprint density at radius 3 is 2.29 bits per heavy atom. The van der Waals surface area contributed by atoms with Gasteiger partial charge in [-0.25, -0.2) is 0 Å². The molecule has 0 N–H and O–H groups in total. The molecule has 0 radical (unpaired) electrons. The van der Waals surface area contributed by atoms with Gasteiger partial charge in [-0.05, 0) is 46.8 Å². The second kappa shape index (κ2) is 5.36. The third-order valence-electron chi connectivity index (χ3n) is 4.15. The lowest BCUT2D eigenvalue weighted by atomic mass is 10.0. The van der Waals surface area contributed by atoms with Gasteiger partial charge >= 0.3 is 0 Å². The van der Waals surface area contributed by atoms with Crippen molar-refractivity contribution in [2.45, 2.75) is 38.8 Å². The molecule has 4 heteroatoms. The lowest BCUT2D eigenvalue weighted by Gasteiger charge is -2.43. The standard InChI is InChI=1S/C13H25N3O/c1-11(2)15-8-9-16(13(17)10-15)12-4-6-14(3)7-5-12/h11-12H,4-10H2,1-3H3. The SMILES string of the molecule is CC(C)N1CCN(C2CCN(C)CC2)C(=O)C1. The Bertz CT molecular complexity index is 272. The van der Waals surface area contributed by atoms with E-state index in [1.165, 1.54) is 0 Å². The van der Waals surface area contributed by atoms with Crippen molar-refractivity contribution in [2.24, 2.45) is 0 Å². The topological polar surface area (TPSA) is 26.8 Å². The highest BCUT2D eigenvalue weighted by atomic mass is 16.2. The fourth-order valence-electron chi connectivity index (χ4n) is 2.84. The highest BCUT2D eigenvalue weighted by molar-refractivity contribution is 5.79. The first-order valence-electron chi connectivity index (χ1n) is 6.80. The molecule has 4 nitrogen and oxygen atoms in total. The maximum atomic E-state index is 12.2. The summed E-state index contributed by atoms with van der Waals surface area (Å²) < 4.78 is 0. The first kappa shape index (κ1) is 12.8. The Morgan fingerprint density at radius 2 is 1.76 bits per heavy atom. The Labute approximate surface area is 105 Å². The maximum Gasteiger partial charge on any atom is 0.237 e. The largest absolute Gasteiger partial charge is 0.337 e. The van der Waals surface area contributed by atoms with E-state index in [-0.39, 0.29) is 0 Å². The van der Waals surface area contributed by atoms with Crippen LogP contribution in [0.15, 0.2) is 0 Å². The minimum Gasteiger partial charge on any atom is -0.337 e. The minimum atomic E-state index is 0.333. The molecule has 0 spiro atoms. The molecule has 0 bridgehead atoms. The van der Waals surface area contributed by atoms with Gasteiger partial charge in [0.2, 0.25) is 5.91 Å². The Kier molecular flexibility index (Phi) is 4.05. The highest BCUT2D eigenvalue weighted by Crippen LogP contribution is 2.18. The number of hydrogen-bond acceptors (Lipinski definition) is 3. The summed E-state index contributed by atoms with van der Waals surface area (Å²) in [5.41, 5.74) is 0. The number of rotatable bonds is 2. The first-order valence-corrected chi connectivity index (χ1v) is 6.80. The third-order valence-corrected chi connectivity index (χ3v) is 4.15. The molecule has 0 aromatic carbocycles. The van der Waals surface area contributed by atoms with Crippen LogP contribution in [0.2, 0.25) is 0 Å². The zero-order valence-electron chi connectivity index (χ0n) is 11.4. The number of piperidine rings is 1. The normalized spacial score (nSPS) is 25.9. The fraction of sp³-hybridized carbons (Fsp3) is 0.923. The van der Waals surface area contributed by atoms with Crippen molar-refractivity contribution in [1.29, 1.82) is 0 Å². The van der Waals surface area contributed by atoms with Gasteiger partial charge in [0.15, 0.2) is 0 Å². The van der Waals surface area contributed by atoms with E-state index in [2.05, 4.69) is 35.6 Å². The van der Waals surface area contributed by atoms with Gasteiger partial charge in [0.05, 0.1) is 6.54 Å². The monoisotopic (exact) mass is 239 g/mol. The summed E-state index contributed by atoms with van der Waals surface area (Å²) in [6, 6.07) is 0.978. The predicted molar refractivity (Wildman–Crippen MR) is 68.9 cm³/mol. The fourth-order valence-corrected chi connectivity index (χ4v) is 2.84. The number of amides is 1. The first-order chi connectivity index (χ1) is 8.08. The molecule has 2 aliphatic rings. The van der Waals surface area contributed by atoms with Gasteiger partial charge < -0.3 is 9.80 Å². The molecule has 2 heterocycles. The molecule has 0 aromatic rings. The van der Waals surface area contributed by atoms with E-state index in [4.69, 9.17) is 0 Å². The van der Waals surface area contributed by atoms with Crippen molar-refractivity contribution in [3.05, 3.63) is 0 Å². The van der Waals surface area contributed by atoms with Crippen LogP contribution in [0.25, 0.3) is 0 Å². The number of nitrogens with zero attached hydrogens (tertiary/aromatic N) is 3. The van der Waals surface area contributed by atoms with Crippen LogP contribution in [0, 0.1) is 0 Å². The summed E-state index contributed by atoms with van der Waals surface area (Å²) in [7, 11) is 2.16. The Morgan fingerprint density at radius 1 is 1.12 bits per heavy atom. The van der Waals surface area contributed by atoms with Crippen molar-refractivity contribution >= 4 is 5.91 Å². The number of likely N-dealkylation sites (tertiary alicyclic amines) is 1. The molecule has 2 rings (SSSR count). The second-order valence-corrected chi connectivity index (χ2v) is 5.69. The Balaban J connectivity index is 1.89. The van der Waals surface area contributed by atoms with Crippen LogP contribution < -0.4 is 0 Å². The molecule has 2 fully saturated rings. The quantitative estimate of drug-likeness (QED) is 0.707. The zero-order chi connectivity index (χ0) is 12.4. The Hall–Kier alpha value is -0.610. The summed E-state index contributed by atoms with van der Waals surface area (Å²) in [6.45, 7) is 9.16. The van der Waals surface area contributed by atoms with E-state index in [1.54, 1.807) is 0 Å². The average Bonchev–Trinajstić information content (AvgIpc) is 2.30. The second-order valence-electron chi connectivity index (χ2n) is 5.69. The van der Waals surface area contributed by atoms with Crippen LogP contribution in [0.3, 0.4) is 0 Å². The van der Waals surface area contributed by atoms with Gasteiger partial charge in [-0.3, -0.25) is 9.69 Å². The van der Waals surface area contributed by atoms with Gasteiger partial charge in [0.25, 0.3) is 0 Å². The van der Waals surface area contributed by atoms with Gasteiger partial charge in [-0.15, -0.1) is 0 Å². The summed E-state index contributed by atoms with van der Waals surface area (Å²) in [4.78, 5) is 18.9. The van der Waals surface area contributed by atoms with Crippen molar-refractivity contribution in [2.75, 3.05) is 39.8 Å². The molecule has 0 aliphatic carbocycles.